The second-order valence-electron chi connectivity index (χ2n) is 8.28. The standard InChI is InChI=1S/C25H31N5O3S/c1-3-4-11-22-29-23-24(20-9-5-6-10-21(20)28-25(23)26)30(22)17-8-7-16-27-34(31,32)19-14-12-18(33-2)13-15-19/h5-6,9-10,12-15,27H,3-4,7-8,11,16-17H2,1-2H3,(H2,26,28). The molecule has 0 fully saturated rings. The van der Waals surface area contributed by atoms with Crippen molar-refractivity contribution >= 4 is 37.8 Å². The maximum Gasteiger partial charge on any atom is 0.240 e. The van der Waals surface area contributed by atoms with Crippen molar-refractivity contribution in [1.29, 1.82) is 0 Å². The zero-order valence-corrected chi connectivity index (χ0v) is 20.4. The van der Waals surface area contributed by atoms with E-state index >= 15 is 0 Å². The Labute approximate surface area is 200 Å². The number of anilines is 1. The number of methoxy groups -OCH3 is 1. The minimum atomic E-state index is -3.56. The number of para-hydroxylation sites is 1. The highest BCUT2D eigenvalue weighted by Crippen LogP contribution is 2.29. The van der Waals surface area contributed by atoms with Gasteiger partial charge in [0, 0.05) is 24.9 Å². The van der Waals surface area contributed by atoms with Gasteiger partial charge in [0.1, 0.15) is 17.1 Å². The van der Waals surface area contributed by atoms with Crippen LogP contribution in [0.5, 0.6) is 5.75 Å². The fourth-order valence-electron chi connectivity index (χ4n) is 4.11. The number of imidazole rings is 1. The molecule has 4 rings (SSSR count). The van der Waals surface area contributed by atoms with Crippen LogP contribution in [0.2, 0.25) is 0 Å². The van der Waals surface area contributed by atoms with E-state index in [9.17, 15) is 8.42 Å². The number of fused-ring (bicyclic) bond motifs is 3. The molecule has 2 heterocycles. The third-order valence-corrected chi connectivity index (χ3v) is 7.39. The van der Waals surface area contributed by atoms with Gasteiger partial charge in [-0.1, -0.05) is 31.5 Å². The van der Waals surface area contributed by atoms with Gasteiger partial charge in [-0.05, 0) is 49.6 Å². The van der Waals surface area contributed by atoms with E-state index in [1.54, 1.807) is 31.4 Å². The summed E-state index contributed by atoms with van der Waals surface area (Å²) >= 11 is 0. The van der Waals surface area contributed by atoms with Crippen LogP contribution in [0.1, 0.15) is 38.4 Å². The molecule has 0 atom stereocenters. The second-order valence-corrected chi connectivity index (χ2v) is 10.0. The molecule has 3 N–H and O–H groups in total. The molecule has 0 spiro atoms. The number of hydrogen-bond donors (Lipinski definition) is 2. The molecular formula is C25H31N5O3S. The first-order valence-corrected chi connectivity index (χ1v) is 13.1. The lowest BCUT2D eigenvalue weighted by atomic mass is 10.2. The molecule has 34 heavy (non-hydrogen) atoms. The van der Waals surface area contributed by atoms with Crippen LogP contribution in [0.3, 0.4) is 0 Å². The Morgan fingerprint density at radius 3 is 2.53 bits per heavy atom. The SMILES string of the molecule is CCCCc1nc2c(N)nc3ccccc3c2n1CCCCNS(=O)(=O)c1ccc(OC)cc1. The average Bonchev–Trinajstić information content (AvgIpc) is 3.22. The fraction of sp³-hybridized carbons (Fsp3) is 0.360. The molecule has 0 aliphatic rings. The Morgan fingerprint density at radius 1 is 1.03 bits per heavy atom. The number of aryl methyl sites for hydroxylation is 2. The summed E-state index contributed by atoms with van der Waals surface area (Å²) in [7, 11) is -2.01. The highest BCUT2D eigenvalue weighted by molar-refractivity contribution is 7.89. The van der Waals surface area contributed by atoms with Gasteiger partial charge < -0.3 is 15.0 Å². The van der Waals surface area contributed by atoms with Crippen LogP contribution in [0, 0.1) is 0 Å². The number of nitrogens with two attached hydrogens (primary N) is 1. The monoisotopic (exact) mass is 481 g/mol. The number of nitrogens with zero attached hydrogens (tertiary/aromatic N) is 3. The number of sulfonamides is 1. The van der Waals surface area contributed by atoms with Gasteiger partial charge in [-0.3, -0.25) is 0 Å². The largest absolute Gasteiger partial charge is 0.497 e. The van der Waals surface area contributed by atoms with Gasteiger partial charge in [0.25, 0.3) is 0 Å². The molecule has 0 aliphatic heterocycles. The van der Waals surface area contributed by atoms with Crippen LogP contribution < -0.4 is 15.2 Å². The Hall–Kier alpha value is -3.17. The zero-order chi connectivity index (χ0) is 24.1. The maximum absolute atomic E-state index is 12.6. The summed E-state index contributed by atoms with van der Waals surface area (Å²) in [6.45, 7) is 3.25. The molecule has 0 saturated carbocycles. The minimum absolute atomic E-state index is 0.227. The third-order valence-electron chi connectivity index (χ3n) is 5.91. The van der Waals surface area contributed by atoms with Crippen LogP contribution in [0.4, 0.5) is 5.82 Å². The van der Waals surface area contributed by atoms with Crippen molar-refractivity contribution < 1.29 is 13.2 Å². The molecule has 0 amide bonds. The van der Waals surface area contributed by atoms with Gasteiger partial charge in [-0.25, -0.2) is 23.1 Å². The van der Waals surface area contributed by atoms with Crippen LogP contribution >= 0.6 is 0 Å². The van der Waals surface area contributed by atoms with Crippen molar-refractivity contribution in [2.24, 2.45) is 0 Å². The summed E-state index contributed by atoms with van der Waals surface area (Å²) in [6.07, 6.45) is 4.47. The lowest BCUT2D eigenvalue weighted by Gasteiger charge is -2.11. The molecule has 180 valence electrons. The molecule has 0 unspecified atom stereocenters. The first kappa shape index (κ1) is 24.0. The highest BCUT2D eigenvalue weighted by atomic mass is 32.2. The first-order chi connectivity index (χ1) is 16.4. The number of hydrogen-bond acceptors (Lipinski definition) is 6. The average molecular weight is 482 g/mol. The van der Waals surface area contributed by atoms with Crippen molar-refractivity contribution in [3.63, 3.8) is 0 Å². The molecule has 0 saturated heterocycles. The van der Waals surface area contributed by atoms with Crippen LogP contribution in [-0.4, -0.2) is 36.6 Å². The molecule has 0 radical (unpaired) electrons. The van der Waals surface area contributed by atoms with Crippen molar-refractivity contribution in [2.45, 2.75) is 50.5 Å². The van der Waals surface area contributed by atoms with E-state index in [4.69, 9.17) is 15.5 Å². The molecule has 0 bridgehead atoms. The molecular weight excluding hydrogens is 450 g/mol. The van der Waals surface area contributed by atoms with Gasteiger partial charge in [-0.2, -0.15) is 0 Å². The van der Waals surface area contributed by atoms with E-state index in [1.165, 1.54) is 0 Å². The van der Waals surface area contributed by atoms with Gasteiger partial charge in [0.2, 0.25) is 10.0 Å². The molecule has 2 aromatic heterocycles. The zero-order valence-electron chi connectivity index (χ0n) is 19.6. The number of unbranched alkanes of at least 4 members (excludes halogenated alkanes) is 2. The summed E-state index contributed by atoms with van der Waals surface area (Å²) in [4.78, 5) is 9.60. The summed E-state index contributed by atoms with van der Waals surface area (Å²) in [5.41, 5.74) is 8.86. The molecule has 8 nitrogen and oxygen atoms in total. The quantitative estimate of drug-likeness (QED) is 0.309. The van der Waals surface area contributed by atoms with Gasteiger partial charge in [-0.15, -0.1) is 0 Å². The summed E-state index contributed by atoms with van der Waals surface area (Å²) in [5.74, 6) is 2.06. The van der Waals surface area contributed by atoms with Gasteiger partial charge >= 0.3 is 0 Å². The topological polar surface area (TPSA) is 112 Å². The molecule has 2 aromatic carbocycles. The van der Waals surface area contributed by atoms with E-state index in [0.717, 1.165) is 60.0 Å². The minimum Gasteiger partial charge on any atom is -0.497 e. The number of pyridine rings is 1. The van der Waals surface area contributed by atoms with Crippen molar-refractivity contribution in [1.82, 2.24) is 19.3 Å². The van der Waals surface area contributed by atoms with Crippen molar-refractivity contribution in [3.8, 4) is 5.75 Å². The second kappa shape index (κ2) is 10.4. The predicted octanol–water partition coefficient (Wildman–Crippen LogP) is 4.28. The highest BCUT2D eigenvalue weighted by Gasteiger charge is 2.17. The summed E-state index contributed by atoms with van der Waals surface area (Å²) in [6, 6.07) is 14.3. The number of nitrogen functional groups attached to an aromatic ring is 1. The summed E-state index contributed by atoms with van der Waals surface area (Å²) < 4.78 is 35.2. The first-order valence-electron chi connectivity index (χ1n) is 11.6. The lowest BCUT2D eigenvalue weighted by Crippen LogP contribution is -2.25. The van der Waals surface area contributed by atoms with E-state index in [0.29, 0.717) is 24.5 Å². The number of ether oxygens (including phenoxy) is 1. The van der Waals surface area contributed by atoms with Crippen molar-refractivity contribution in [2.75, 3.05) is 19.4 Å². The van der Waals surface area contributed by atoms with E-state index in [-0.39, 0.29) is 4.90 Å². The third kappa shape index (κ3) is 5.00. The van der Waals surface area contributed by atoms with Gasteiger partial charge in [0.15, 0.2) is 5.82 Å². The summed E-state index contributed by atoms with van der Waals surface area (Å²) in [5, 5.41) is 1.03. The fourth-order valence-corrected chi connectivity index (χ4v) is 5.19. The van der Waals surface area contributed by atoms with Crippen molar-refractivity contribution in [3.05, 3.63) is 54.4 Å². The van der Waals surface area contributed by atoms with Gasteiger partial charge in [0.05, 0.1) is 23.0 Å². The Morgan fingerprint density at radius 2 is 1.79 bits per heavy atom. The maximum atomic E-state index is 12.6. The Balaban J connectivity index is 1.49. The number of rotatable bonds is 11. The van der Waals surface area contributed by atoms with E-state index in [1.807, 2.05) is 18.2 Å². The van der Waals surface area contributed by atoms with E-state index in [2.05, 4.69) is 27.3 Å². The van der Waals surface area contributed by atoms with Crippen LogP contribution in [0.25, 0.3) is 21.9 Å². The number of nitrogens with one attached hydrogen (secondary N) is 1. The number of aromatic nitrogens is 3. The lowest BCUT2D eigenvalue weighted by molar-refractivity contribution is 0.414. The number of benzene rings is 2. The Kier molecular flexibility index (Phi) is 7.33. The normalized spacial score (nSPS) is 11.9. The van der Waals surface area contributed by atoms with E-state index < -0.39 is 10.0 Å². The van der Waals surface area contributed by atoms with Crippen LogP contribution in [0.15, 0.2) is 53.4 Å². The molecule has 0 aliphatic carbocycles. The smallest absolute Gasteiger partial charge is 0.240 e. The Bertz CT molecular complexity index is 1380. The predicted molar refractivity (Wildman–Crippen MR) is 135 cm³/mol. The molecule has 9 heteroatoms. The van der Waals surface area contributed by atoms with Crippen LogP contribution in [-0.2, 0) is 23.0 Å². The molecule has 4 aromatic rings.